The maximum atomic E-state index is 10.8. The normalized spacial score (nSPS) is 24.2. The number of thioether (sulfide) groups is 1. The number of rotatable bonds is 3. The molecule has 1 fully saturated rings. The number of aliphatic carboxylic acids is 1. The fourth-order valence-corrected chi connectivity index (χ4v) is 3.10. The summed E-state index contributed by atoms with van der Waals surface area (Å²) < 4.78 is 1.83. The van der Waals surface area contributed by atoms with Gasteiger partial charge in [-0.1, -0.05) is 11.6 Å². The summed E-state index contributed by atoms with van der Waals surface area (Å²) in [7, 11) is 0. The Balaban J connectivity index is 2.03. The minimum atomic E-state index is -0.800. The molecular formula is C10H14ClN3O2S. The Labute approximate surface area is 109 Å². The minimum Gasteiger partial charge on any atom is -0.480 e. The predicted octanol–water partition coefficient (Wildman–Crippen LogP) is 1.27. The van der Waals surface area contributed by atoms with Gasteiger partial charge < -0.3 is 5.11 Å². The summed E-state index contributed by atoms with van der Waals surface area (Å²) in [6, 6.07) is -0.461. The number of aryl methyl sites for hydroxylation is 1. The number of halogens is 1. The van der Waals surface area contributed by atoms with E-state index in [0.29, 0.717) is 17.3 Å². The van der Waals surface area contributed by atoms with Crippen molar-refractivity contribution in [2.75, 3.05) is 5.75 Å². The predicted molar refractivity (Wildman–Crippen MR) is 67.5 cm³/mol. The second kappa shape index (κ2) is 4.88. The van der Waals surface area contributed by atoms with Crippen molar-refractivity contribution >= 4 is 29.3 Å². The lowest BCUT2D eigenvalue weighted by Gasteiger charge is -2.12. The van der Waals surface area contributed by atoms with Crippen molar-refractivity contribution in [1.82, 2.24) is 15.1 Å². The molecule has 0 spiro atoms. The Bertz CT molecular complexity index is 449. The molecule has 2 heterocycles. The van der Waals surface area contributed by atoms with Crippen LogP contribution in [-0.4, -0.2) is 38.0 Å². The molecule has 0 aliphatic carbocycles. The van der Waals surface area contributed by atoms with Crippen molar-refractivity contribution in [3.8, 4) is 0 Å². The van der Waals surface area contributed by atoms with E-state index >= 15 is 0 Å². The van der Waals surface area contributed by atoms with Gasteiger partial charge in [0.25, 0.3) is 0 Å². The standard InChI is InChI=1S/C10H14ClN3O2S/c1-5-9(11)6(2)14(13-5)3-8-12-7(4-17-8)10(15)16/h7-8,12H,3-4H2,1-2H3,(H,15,16). The summed E-state index contributed by atoms with van der Waals surface area (Å²) in [5.41, 5.74) is 1.73. The van der Waals surface area contributed by atoms with E-state index in [2.05, 4.69) is 10.4 Å². The van der Waals surface area contributed by atoms with Gasteiger partial charge in [-0.05, 0) is 13.8 Å². The van der Waals surface area contributed by atoms with Gasteiger partial charge in [0.15, 0.2) is 0 Å². The number of carboxylic acids is 1. The van der Waals surface area contributed by atoms with Crippen LogP contribution in [0.4, 0.5) is 0 Å². The fraction of sp³-hybridized carbons (Fsp3) is 0.600. The number of hydrogen-bond acceptors (Lipinski definition) is 4. The molecule has 1 aromatic heterocycles. The van der Waals surface area contributed by atoms with Gasteiger partial charge >= 0.3 is 5.97 Å². The van der Waals surface area contributed by atoms with E-state index in [-0.39, 0.29) is 5.37 Å². The average molecular weight is 276 g/mol. The number of hydrogen-bond donors (Lipinski definition) is 2. The second-order valence-electron chi connectivity index (χ2n) is 4.05. The number of carboxylic acid groups (broad SMARTS) is 1. The van der Waals surface area contributed by atoms with Crippen molar-refractivity contribution in [3.63, 3.8) is 0 Å². The van der Waals surface area contributed by atoms with Crippen molar-refractivity contribution < 1.29 is 9.90 Å². The minimum absolute atomic E-state index is 0.0742. The number of carbonyl (C=O) groups is 1. The third-order valence-corrected chi connectivity index (χ3v) is 4.54. The van der Waals surface area contributed by atoms with Crippen LogP contribution in [0.5, 0.6) is 0 Å². The molecule has 0 amide bonds. The molecule has 2 unspecified atom stereocenters. The Kier molecular flexibility index (Phi) is 3.65. The van der Waals surface area contributed by atoms with E-state index in [1.165, 1.54) is 0 Å². The zero-order valence-corrected chi connectivity index (χ0v) is 11.2. The van der Waals surface area contributed by atoms with E-state index in [0.717, 1.165) is 11.4 Å². The van der Waals surface area contributed by atoms with Crippen LogP contribution in [0.2, 0.25) is 5.02 Å². The summed E-state index contributed by atoms with van der Waals surface area (Å²) in [4.78, 5) is 10.8. The maximum absolute atomic E-state index is 10.8. The molecule has 1 saturated heterocycles. The quantitative estimate of drug-likeness (QED) is 0.870. The van der Waals surface area contributed by atoms with Gasteiger partial charge in [-0.3, -0.25) is 14.8 Å². The van der Waals surface area contributed by atoms with Crippen LogP contribution in [-0.2, 0) is 11.3 Å². The first kappa shape index (κ1) is 12.7. The molecule has 2 atom stereocenters. The molecule has 0 saturated carbocycles. The largest absolute Gasteiger partial charge is 0.480 e. The Morgan fingerprint density at radius 3 is 2.88 bits per heavy atom. The lowest BCUT2D eigenvalue weighted by atomic mass is 10.3. The van der Waals surface area contributed by atoms with Crippen molar-refractivity contribution in [3.05, 3.63) is 16.4 Å². The Hall–Kier alpha value is -0.720. The molecule has 1 aliphatic rings. The van der Waals surface area contributed by atoms with Gasteiger partial charge in [0.1, 0.15) is 6.04 Å². The van der Waals surface area contributed by atoms with Crippen molar-refractivity contribution in [1.29, 1.82) is 0 Å². The van der Waals surface area contributed by atoms with Gasteiger partial charge in [0.05, 0.1) is 28.3 Å². The fourth-order valence-electron chi connectivity index (χ4n) is 1.79. The Morgan fingerprint density at radius 1 is 1.71 bits per heavy atom. The molecule has 1 aliphatic heterocycles. The van der Waals surface area contributed by atoms with Gasteiger partial charge in [0, 0.05) is 5.75 Å². The number of nitrogens with zero attached hydrogens (tertiary/aromatic N) is 2. The smallest absolute Gasteiger partial charge is 0.321 e. The first-order chi connectivity index (χ1) is 7.99. The first-order valence-electron chi connectivity index (χ1n) is 5.29. The summed E-state index contributed by atoms with van der Waals surface area (Å²) >= 11 is 7.66. The van der Waals surface area contributed by atoms with Crippen LogP contribution < -0.4 is 5.32 Å². The molecule has 2 N–H and O–H groups in total. The zero-order chi connectivity index (χ0) is 12.6. The van der Waals surface area contributed by atoms with Gasteiger partial charge in [-0.25, -0.2) is 0 Å². The molecule has 0 bridgehead atoms. The van der Waals surface area contributed by atoms with Gasteiger partial charge in [0.2, 0.25) is 0 Å². The van der Waals surface area contributed by atoms with E-state index in [1.54, 1.807) is 11.8 Å². The highest BCUT2D eigenvalue weighted by Gasteiger charge is 2.30. The van der Waals surface area contributed by atoms with E-state index in [9.17, 15) is 4.79 Å². The zero-order valence-electron chi connectivity index (χ0n) is 9.61. The molecule has 5 nitrogen and oxygen atoms in total. The van der Waals surface area contributed by atoms with Crippen LogP contribution in [0, 0.1) is 13.8 Å². The van der Waals surface area contributed by atoms with Crippen molar-refractivity contribution in [2.24, 2.45) is 0 Å². The second-order valence-corrected chi connectivity index (χ2v) is 5.66. The lowest BCUT2D eigenvalue weighted by Crippen LogP contribution is -2.38. The third-order valence-electron chi connectivity index (χ3n) is 2.78. The molecule has 17 heavy (non-hydrogen) atoms. The number of nitrogens with one attached hydrogen (secondary N) is 1. The summed E-state index contributed by atoms with van der Waals surface area (Å²) in [5.74, 6) is -0.209. The Morgan fingerprint density at radius 2 is 2.41 bits per heavy atom. The molecular weight excluding hydrogens is 262 g/mol. The monoisotopic (exact) mass is 275 g/mol. The molecule has 0 aromatic carbocycles. The molecule has 94 valence electrons. The highest BCUT2D eigenvalue weighted by molar-refractivity contribution is 8.00. The molecule has 0 radical (unpaired) electrons. The van der Waals surface area contributed by atoms with E-state index in [4.69, 9.17) is 16.7 Å². The summed E-state index contributed by atoms with van der Waals surface area (Å²) in [6.07, 6.45) is 0. The molecule has 2 rings (SSSR count). The van der Waals surface area contributed by atoms with Crippen LogP contribution in [0.15, 0.2) is 0 Å². The summed E-state index contributed by atoms with van der Waals surface area (Å²) in [5, 5.41) is 17.0. The first-order valence-corrected chi connectivity index (χ1v) is 6.71. The number of aromatic nitrogens is 2. The van der Waals surface area contributed by atoms with Crippen molar-refractivity contribution in [2.45, 2.75) is 31.8 Å². The van der Waals surface area contributed by atoms with E-state index < -0.39 is 12.0 Å². The molecule has 1 aromatic rings. The molecule has 7 heteroatoms. The van der Waals surface area contributed by atoms with Crippen LogP contribution in [0.3, 0.4) is 0 Å². The highest BCUT2D eigenvalue weighted by atomic mass is 35.5. The van der Waals surface area contributed by atoms with Crippen LogP contribution >= 0.6 is 23.4 Å². The van der Waals surface area contributed by atoms with E-state index in [1.807, 2.05) is 18.5 Å². The lowest BCUT2D eigenvalue weighted by molar-refractivity contribution is -0.138. The van der Waals surface area contributed by atoms with Crippen LogP contribution in [0.1, 0.15) is 11.4 Å². The summed E-state index contributed by atoms with van der Waals surface area (Å²) in [6.45, 7) is 4.41. The van der Waals surface area contributed by atoms with Crippen LogP contribution in [0.25, 0.3) is 0 Å². The maximum Gasteiger partial charge on any atom is 0.321 e. The highest BCUT2D eigenvalue weighted by Crippen LogP contribution is 2.24. The topological polar surface area (TPSA) is 67.2 Å². The average Bonchev–Trinajstić information content (AvgIpc) is 2.82. The third kappa shape index (κ3) is 2.59. The van der Waals surface area contributed by atoms with Gasteiger partial charge in [-0.15, -0.1) is 11.8 Å². The van der Waals surface area contributed by atoms with Gasteiger partial charge in [-0.2, -0.15) is 5.10 Å². The SMILES string of the molecule is Cc1nn(CC2NC(C(=O)O)CS2)c(C)c1Cl.